The maximum absolute atomic E-state index is 8.93. The second-order valence-electron chi connectivity index (χ2n) is 3.39. The van der Waals surface area contributed by atoms with Gasteiger partial charge in [-0.25, -0.2) is 0 Å². The Kier molecular flexibility index (Phi) is 3.58. The highest BCUT2D eigenvalue weighted by Gasteiger charge is 2.02. The molecule has 0 saturated heterocycles. The fourth-order valence-corrected chi connectivity index (χ4v) is 1.59. The van der Waals surface area contributed by atoms with Gasteiger partial charge in [0.05, 0.1) is 24.0 Å². The number of nitrogens with one attached hydrogen (secondary N) is 1. The van der Waals surface area contributed by atoms with Crippen molar-refractivity contribution in [2.24, 2.45) is 0 Å². The third kappa shape index (κ3) is 2.95. The summed E-state index contributed by atoms with van der Waals surface area (Å²) in [4.78, 5) is 0. The molecule has 1 aromatic carbocycles. The van der Waals surface area contributed by atoms with Gasteiger partial charge in [-0.05, 0) is 18.2 Å². The molecule has 86 valence electrons. The monoisotopic (exact) mass is 247 g/mol. The molecule has 0 radical (unpaired) electrons. The fourth-order valence-electron chi connectivity index (χ4n) is 1.42. The first-order chi connectivity index (χ1) is 8.29. The van der Waals surface area contributed by atoms with Gasteiger partial charge in [-0.2, -0.15) is 5.26 Å². The lowest BCUT2D eigenvalue weighted by atomic mass is 10.2. The Labute approximate surface area is 104 Å². The van der Waals surface area contributed by atoms with E-state index in [1.165, 1.54) is 0 Å². The Bertz CT molecular complexity index is 529. The van der Waals surface area contributed by atoms with Gasteiger partial charge in [0, 0.05) is 17.8 Å². The van der Waals surface area contributed by atoms with Crippen molar-refractivity contribution < 1.29 is 0 Å². The number of nitriles is 1. The fraction of sp³-hybridized carbons (Fsp3) is 0.182. The maximum Gasteiger partial charge on any atom is 0.101 e. The van der Waals surface area contributed by atoms with E-state index in [1.807, 2.05) is 0 Å². The third-order valence-electron chi connectivity index (χ3n) is 2.23. The van der Waals surface area contributed by atoms with Crippen LogP contribution in [0.25, 0.3) is 0 Å². The molecule has 0 aliphatic carbocycles. The van der Waals surface area contributed by atoms with Crippen LogP contribution in [0.1, 0.15) is 5.56 Å². The van der Waals surface area contributed by atoms with Gasteiger partial charge >= 0.3 is 0 Å². The highest BCUT2D eigenvalue weighted by atomic mass is 35.5. The van der Waals surface area contributed by atoms with E-state index in [2.05, 4.69) is 21.7 Å². The summed E-state index contributed by atoms with van der Waals surface area (Å²) in [5.74, 6) is 0. The first-order valence-electron chi connectivity index (χ1n) is 5.07. The van der Waals surface area contributed by atoms with Crippen LogP contribution in [0, 0.1) is 11.3 Å². The van der Waals surface area contributed by atoms with Gasteiger partial charge < -0.3 is 5.32 Å². The van der Waals surface area contributed by atoms with Gasteiger partial charge in [0.1, 0.15) is 6.07 Å². The molecule has 17 heavy (non-hydrogen) atoms. The molecule has 0 spiro atoms. The highest BCUT2D eigenvalue weighted by molar-refractivity contribution is 6.30. The second kappa shape index (κ2) is 5.32. The van der Waals surface area contributed by atoms with Crippen LogP contribution in [0.2, 0.25) is 5.02 Å². The molecule has 2 aromatic rings. The number of nitrogens with zero attached hydrogens (tertiary/aromatic N) is 4. The van der Waals surface area contributed by atoms with Gasteiger partial charge in [0.15, 0.2) is 0 Å². The summed E-state index contributed by atoms with van der Waals surface area (Å²) in [6.45, 7) is 1.33. The lowest BCUT2D eigenvalue weighted by Gasteiger charge is -2.08. The summed E-state index contributed by atoms with van der Waals surface area (Å²) in [5, 5.41) is 20.2. The van der Waals surface area contributed by atoms with Crippen LogP contribution >= 0.6 is 11.6 Å². The molecule has 0 saturated carbocycles. The maximum atomic E-state index is 8.93. The molecule has 0 atom stereocenters. The number of aromatic nitrogens is 3. The van der Waals surface area contributed by atoms with Crippen molar-refractivity contribution in [2.45, 2.75) is 6.54 Å². The standard InChI is InChI=1S/C11H10ClN5/c12-10-2-1-9(8-13)11(7-10)14-3-5-17-6-4-15-16-17/h1-2,4,6-7,14H,3,5H2. The predicted molar refractivity (Wildman–Crippen MR) is 64.7 cm³/mol. The van der Waals surface area contributed by atoms with Crippen molar-refractivity contribution in [1.29, 1.82) is 5.26 Å². The smallest absolute Gasteiger partial charge is 0.101 e. The highest BCUT2D eigenvalue weighted by Crippen LogP contribution is 2.19. The summed E-state index contributed by atoms with van der Waals surface area (Å²) in [7, 11) is 0. The van der Waals surface area contributed by atoms with E-state index in [0.717, 1.165) is 5.69 Å². The molecule has 0 fully saturated rings. The molecule has 5 nitrogen and oxygen atoms in total. The Morgan fingerprint density at radius 2 is 2.35 bits per heavy atom. The van der Waals surface area contributed by atoms with E-state index in [1.54, 1.807) is 35.3 Å². The van der Waals surface area contributed by atoms with E-state index >= 15 is 0 Å². The second-order valence-corrected chi connectivity index (χ2v) is 3.83. The van der Waals surface area contributed by atoms with E-state index in [9.17, 15) is 0 Å². The van der Waals surface area contributed by atoms with E-state index in [-0.39, 0.29) is 0 Å². The van der Waals surface area contributed by atoms with Crippen molar-refractivity contribution in [3.05, 3.63) is 41.2 Å². The molecule has 0 bridgehead atoms. The van der Waals surface area contributed by atoms with Crippen LogP contribution in [0.15, 0.2) is 30.6 Å². The van der Waals surface area contributed by atoms with Crippen LogP contribution in [-0.4, -0.2) is 21.5 Å². The number of anilines is 1. The lowest BCUT2D eigenvalue weighted by Crippen LogP contribution is -2.11. The van der Waals surface area contributed by atoms with E-state index in [4.69, 9.17) is 16.9 Å². The minimum atomic E-state index is 0.577. The Hall–Kier alpha value is -2.06. The first-order valence-corrected chi connectivity index (χ1v) is 5.45. The number of hydrogen-bond acceptors (Lipinski definition) is 4. The minimum Gasteiger partial charge on any atom is -0.382 e. The van der Waals surface area contributed by atoms with Gasteiger partial charge in [0.2, 0.25) is 0 Å². The molecular formula is C11H10ClN5. The Morgan fingerprint density at radius 3 is 3.06 bits per heavy atom. The SMILES string of the molecule is N#Cc1ccc(Cl)cc1NCCn1ccnn1. The van der Waals surface area contributed by atoms with Gasteiger partial charge in [-0.15, -0.1) is 5.10 Å². The quantitative estimate of drug-likeness (QED) is 0.896. The van der Waals surface area contributed by atoms with Crippen molar-refractivity contribution in [1.82, 2.24) is 15.0 Å². The van der Waals surface area contributed by atoms with Crippen LogP contribution in [0.5, 0.6) is 0 Å². The van der Waals surface area contributed by atoms with Crippen LogP contribution in [0.3, 0.4) is 0 Å². The number of halogens is 1. The van der Waals surface area contributed by atoms with Gasteiger partial charge in [-0.1, -0.05) is 16.8 Å². The molecular weight excluding hydrogens is 238 g/mol. The zero-order valence-electron chi connectivity index (χ0n) is 8.97. The summed E-state index contributed by atoms with van der Waals surface area (Å²) in [5.41, 5.74) is 1.31. The Balaban J connectivity index is 1.99. The zero-order chi connectivity index (χ0) is 12.1. The van der Waals surface area contributed by atoms with Crippen molar-refractivity contribution in [3.63, 3.8) is 0 Å². The van der Waals surface area contributed by atoms with Crippen molar-refractivity contribution in [2.75, 3.05) is 11.9 Å². The predicted octanol–water partition coefficient (Wildman–Crippen LogP) is 1.92. The summed E-state index contributed by atoms with van der Waals surface area (Å²) >= 11 is 5.88. The van der Waals surface area contributed by atoms with Crippen LogP contribution in [-0.2, 0) is 6.54 Å². The third-order valence-corrected chi connectivity index (χ3v) is 2.47. The number of rotatable bonds is 4. The molecule has 1 heterocycles. The van der Waals surface area contributed by atoms with Crippen LogP contribution < -0.4 is 5.32 Å². The normalized spacial score (nSPS) is 9.88. The number of benzene rings is 1. The molecule has 2 rings (SSSR count). The summed E-state index contributed by atoms with van der Waals surface area (Å²) < 4.78 is 1.71. The molecule has 0 aliphatic heterocycles. The average molecular weight is 248 g/mol. The van der Waals surface area contributed by atoms with Crippen molar-refractivity contribution >= 4 is 17.3 Å². The average Bonchev–Trinajstić information content (AvgIpc) is 2.82. The lowest BCUT2D eigenvalue weighted by molar-refractivity contribution is 0.609. The Morgan fingerprint density at radius 1 is 1.47 bits per heavy atom. The molecule has 0 amide bonds. The van der Waals surface area contributed by atoms with Crippen molar-refractivity contribution in [3.8, 4) is 6.07 Å². The molecule has 0 aliphatic rings. The topological polar surface area (TPSA) is 66.5 Å². The molecule has 1 aromatic heterocycles. The van der Waals surface area contributed by atoms with E-state index in [0.29, 0.717) is 23.7 Å². The van der Waals surface area contributed by atoms with Crippen LogP contribution in [0.4, 0.5) is 5.69 Å². The van der Waals surface area contributed by atoms with E-state index < -0.39 is 0 Å². The van der Waals surface area contributed by atoms with Gasteiger partial charge in [-0.3, -0.25) is 4.68 Å². The molecule has 6 heteroatoms. The molecule has 0 unspecified atom stereocenters. The number of hydrogen-bond donors (Lipinski definition) is 1. The zero-order valence-corrected chi connectivity index (χ0v) is 9.72. The molecule has 1 N–H and O–H groups in total. The van der Waals surface area contributed by atoms with Gasteiger partial charge in [0.25, 0.3) is 0 Å². The first kappa shape index (κ1) is 11.4. The largest absolute Gasteiger partial charge is 0.382 e. The minimum absolute atomic E-state index is 0.577. The summed E-state index contributed by atoms with van der Waals surface area (Å²) in [6, 6.07) is 7.24. The summed E-state index contributed by atoms with van der Waals surface area (Å²) in [6.07, 6.45) is 3.41.